The van der Waals surface area contributed by atoms with Crippen LogP contribution in [0.3, 0.4) is 0 Å². The Balaban J connectivity index is 1.81. The van der Waals surface area contributed by atoms with Gasteiger partial charge in [0.15, 0.2) is 0 Å². The van der Waals surface area contributed by atoms with E-state index in [4.69, 9.17) is 9.47 Å². The number of benzene rings is 1. The normalized spacial score (nSPS) is 17.7. The molecule has 1 saturated heterocycles. The largest absolute Gasteiger partial charge is 0.497 e. The van der Waals surface area contributed by atoms with Crippen molar-refractivity contribution in [2.75, 3.05) is 33.1 Å². The van der Waals surface area contributed by atoms with Crippen LogP contribution in [0, 0.1) is 0 Å². The monoisotopic (exact) mass is 328 g/mol. The maximum Gasteiger partial charge on any atom is 0.144 e. The smallest absolute Gasteiger partial charge is 0.144 e. The van der Waals surface area contributed by atoms with E-state index in [9.17, 15) is 0 Å². The molecular weight excluding hydrogens is 304 g/mol. The zero-order chi connectivity index (χ0) is 16.9. The molecule has 2 heterocycles. The minimum atomic E-state index is 0.289. The first-order valence-electron chi connectivity index (χ1n) is 8.19. The van der Waals surface area contributed by atoms with Gasteiger partial charge in [-0.1, -0.05) is 6.07 Å². The van der Waals surface area contributed by atoms with Gasteiger partial charge in [-0.15, -0.1) is 0 Å². The van der Waals surface area contributed by atoms with Crippen LogP contribution in [-0.2, 0) is 6.54 Å². The lowest BCUT2D eigenvalue weighted by molar-refractivity contribution is 0.240. The fourth-order valence-electron chi connectivity index (χ4n) is 3.21. The Morgan fingerprint density at radius 2 is 2.12 bits per heavy atom. The van der Waals surface area contributed by atoms with Crippen molar-refractivity contribution < 1.29 is 9.47 Å². The number of anilines is 1. The summed E-state index contributed by atoms with van der Waals surface area (Å²) < 4.78 is 10.8. The van der Waals surface area contributed by atoms with Crippen LogP contribution < -0.4 is 14.8 Å². The van der Waals surface area contributed by atoms with Gasteiger partial charge in [-0.05, 0) is 25.5 Å². The van der Waals surface area contributed by atoms with E-state index in [0.29, 0.717) is 0 Å². The third kappa shape index (κ3) is 3.43. The predicted octanol–water partition coefficient (Wildman–Crippen LogP) is 2.87. The van der Waals surface area contributed by atoms with E-state index < -0.39 is 0 Å². The molecule has 24 heavy (non-hydrogen) atoms. The summed E-state index contributed by atoms with van der Waals surface area (Å²) in [7, 11) is 5.22. The van der Waals surface area contributed by atoms with Crippen molar-refractivity contribution in [1.82, 2.24) is 14.9 Å². The van der Waals surface area contributed by atoms with E-state index in [1.807, 2.05) is 25.4 Å². The van der Waals surface area contributed by atoms with Crippen molar-refractivity contribution in [1.29, 1.82) is 0 Å². The van der Waals surface area contributed by atoms with Crippen LogP contribution in [-0.4, -0.2) is 42.7 Å². The predicted molar refractivity (Wildman–Crippen MR) is 93.5 cm³/mol. The molecule has 0 unspecified atom stereocenters. The number of nitrogens with zero attached hydrogens (tertiary/aromatic N) is 3. The van der Waals surface area contributed by atoms with Gasteiger partial charge in [0.2, 0.25) is 0 Å². The van der Waals surface area contributed by atoms with Crippen LogP contribution in [0.15, 0.2) is 30.6 Å². The van der Waals surface area contributed by atoms with Crippen LogP contribution in [0.1, 0.15) is 30.1 Å². The molecule has 1 aromatic carbocycles. The van der Waals surface area contributed by atoms with Crippen molar-refractivity contribution in [2.24, 2.45) is 0 Å². The highest BCUT2D eigenvalue weighted by molar-refractivity contribution is 5.41. The summed E-state index contributed by atoms with van der Waals surface area (Å²) in [6, 6.07) is 6.27. The van der Waals surface area contributed by atoms with E-state index in [0.717, 1.165) is 54.5 Å². The minimum absolute atomic E-state index is 0.289. The maximum atomic E-state index is 5.53. The third-order valence-corrected chi connectivity index (χ3v) is 4.48. The van der Waals surface area contributed by atoms with Gasteiger partial charge in [-0.3, -0.25) is 9.88 Å². The summed E-state index contributed by atoms with van der Waals surface area (Å²) in [5.74, 6) is 2.47. The minimum Gasteiger partial charge on any atom is -0.497 e. The molecule has 0 bridgehead atoms. The lowest BCUT2D eigenvalue weighted by Gasteiger charge is -2.25. The fraction of sp³-hybridized carbons (Fsp3) is 0.444. The molecule has 0 saturated carbocycles. The molecule has 0 amide bonds. The highest BCUT2D eigenvalue weighted by Crippen LogP contribution is 2.34. The van der Waals surface area contributed by atoms with Gasteiger partial charge in [-0.25, -0.2) is 4.98 Å². The van der Waals surface area contributed by atoms with Crippen LogP contribution in [0.2, 0.25) is 0 Å². The molecule has 1 N–H and O–H groups in total. The molecule has 0 aliphatic carbocycles. The summed E-state index contributed by atoms with van der Waals surface area (Å²) in [6.45, 7) is 1.87. The number of rotatable bonds is 6. The average Bonchev–Trinajstić information content (AvgIpc) is 3.10. The van der Waals surface area contributed by atoms with Gasteiger partial charge in [0, 0.05) is 25.2 Å². The standard InChI is InChI=1S/C18H24N4O2/c1-19-18-11-20-10-15(21-18)16-5-4-8-22(16)12-13-6-7-14(23-2)9-17(13)24-3/h6-7,9-11,16H,4-5,8,12H2,1-3H3,(H,19,21)/t16-/m0/s1. The van der Waals surface area contributed by atoms with Gasteiger partial charge >= 0.3 is 0 Å². The Morgan fingerprint density at radius 3 is 2.88 bits per heavy atom. The van der Waals surface area contributed by atoms with Crippen molar-refractivity contribution in [3.63, 3.8) is 0 Å². The Kier molecular flexibility index (Phi) is 5.15. The van der Waals surface area contributed by atoms with Crippen molar-refractivity contribution in [2.45, 2.75) is 25.4 Å². The lowest BCUT2D eigenvalue weighted by Crippen LogP contribution is -2.24. The number of aromatic nitrogens is 2. The topological polar surface area (TPSA) is 59.5 Å². The van der Waals surface area contributed by atoms with Crippen molar-refractivity contribution in [3.05, 3.63) is 41.9 Å². The van der Waals surface area contributed by atoms with Gasteiger partial charge in [0.05, 0.1) is 38.3 Å². The van der Waals surface area contributed by atoms with E-state index in [1.54, 1.807) is 20.4 Å². The van der Waals surface area contributed by atoms with E-state index in [1.165, 1.54) is 0 Å². The molecule has 0 spiro atoms. The number of nitrogens with one attached hydrogen (secondary N) is 1. The second-order valence-electron chi connectivity index (χ2n) is 5.89. The molecule has 2 aromatic rings. The zero-order valence-corrected chi connectivity index (χ0v) is 14.5. The summed E-state index contributed by atoms with van der Waals surface area (Å²) in [5.41, 5.74) is 2.18. The van der Waals surface area contributed by atoms with Gasteiger partial charge in [0.1, 0.15) is 17.3 Å². The molecule has 128 valence electrons. The molecular formula is C18H24N4O2. The molecule has 1 aliphatic heterocycles. The maximum absolute atomic E-state index is 5.53. The first-order valence-corrected chi connectivity index (χ1v) is 8.19. The second-order valence-corrected chi connectivity index (χ2v) is 5.89. The summed E-state index contributed by atoms with van der Waals surface area (Å²) in [4.78, 5) is 11.4. The highest BCUT2D eigenvalue weighted by Gasteiger charge is 2.28. The zero-order valence-electron chi connectivity index (χ0n) is 14.5. The summed E-state index contributed by atoms with van der Waals surface area (Å²) >= 11 is 0. The van der Waals surface area contributed by atoms with Crippen LogP contribution in [0.4, 0.5) is 5.82 Å². The molecule has 1 atom stereocenters. The average molecular weight is 328 g/mol. The third-order valence-electron chi connectivity index (χ3n) is 4.48. The number of ether oxygens (including phenoxy) is 2. The van der Waals surface area contributed by atoms with Crippen LogP contribution in [0.5, 0.6) is 11.5 Å². The lowest BCUT2D eigenvalue weighted by atomic mass is 10.1. The van der Waals surface area contributed by atoms with Gasteiger partial charge < -0.3 is 14.8 Å². The van der Waals surface area contributed by atoms with E-state index >= 15 is 0 Å². The quantitative estimate of drug-likeness (QED) is 0.880. The summed E-state index contributed by atoms with van der Waals surface area (Å²) in [6.07, 6.45) is 5.87. The Bertz CT molecular complexity index is 692. The van der Waals surface area contributed by atoms with E-state index in [-0.39, 0.29) is 6.04 Å². The van der Waals surface area contributed by atoms with Crippen molar-refractivity contribution in [3.8, 4) is 11.5 Å². The summed E-state index contributed by atoms with van der Waals surface area (Å²) in [5, 5.41) is 3.06. The van der Waals surface area contributed by atoms with Crippen LogP contribution in [0.25, 0.3) is 0 Å². The molecule has 6 heteroatoms. The molecule has 1 aliphatic rings. The first-order chi connectivity index (χ1) is 11.7. The van der Waals surface area contributed by atoms with Gasteiger partial charge in [-0.2, -0.15) is 0 Å². The van der Waals surface area contributed by atoms with Crippen molar-refractivity contribution >= 4 is 5.82 Å². The molecule has 0 radical (unpaired) electrons. The highest BCUT2D eigenvalue weighted by atomic mass is 16.5. The number of methoxy groups -OCH3 is 2. The number of likely N-dealkylation sites (tertiary alicyclic amines) is 1. The molecule has 1 fully saturated rings. The fourth-order valence-corrected chi connectivity index (χ4v) is 3.21. The Hall–Kier alpha value is -2.34. The molecule has 6 nitrogen and oxygen atoms in total. The Morgan fingerprint density at radius 1 is 1.25 bits per heavy atom. The molecule has 1 aromatic heterocycles. The number of hydrogen-bond acceptors (Lipinski definition) is 6. The second kappa shape index (κ2) is 7.49. The first kappa shape index (κ1) is 16.5. The van der Waals surface area contributed by atoms with Crippen LogP contribution >= 0.6 is 0 Å². The van der Waals surface area contributed by atoms with E-state index in [2.05, 4.69) is 26.3 Å². The number of hydrogen-bond donors (Lipinski definition) is 1. The Labute approximate surface area is 142 Å². The molecule has 3 rings (SSSR count). The van der Waals surface area contributed by atoms with Gasteiger partial charge in [0.25, 0.3) is 0 Å². The SMILES string of the molecule is CNc1cncc([C@@H]2CCCN2Cc2ccc(OC)cc2OC)n1.